The number of rotatable bonds is 0. The Bertz CT molecular complexity index is 178. The third-order valence-electron chi connectivity index (χ3n) is 4.40. The van der Waals surface area contributed by atoms with Crippen molar-refractivity contribution < 1.29 is 5.11 Å². The van der Waals surface area contributed by atoms with Crippen LogP contribution in [0.3, 0.4) is 0 Å². The Morgan fingerprint density at radius 3 is 2.55 bits per heavy atom. The predicted octanol–water partition coefficient (Wildman–Crippen LogP) is 1.80. The number of hydrogen-bond acceptors (Lipinski definition) is 1. The summed E-state index contributed by atoms with van der Waals surface area (Å²) in [5.41, 5.74) is 0. The van der Waals surface area contributed by atoms with Gasteiger partial charge in [-0.3, -0.25) is 0 Å². The molecule has 0 aromatic heterocycles. The molecule has 5 atom stereocenters. The second kappa shape index (κ2) is 2.01. The van der Waals surface area contributed by atoms with E-state index in [1.807, 2.05) is 0 Å². The first-order valence-corrected chi connectivity index (χ1v) is 5.04. The van der Waals surface area contributed by atoms with Crippen molar-refractivity contribution in [3.8, 4) is 0 Å². The lowest BCUT2D eigenvalue weighted by atomic mass is 9.81. The van der Waals surface area contributed by atoms with Gasteiger partial charge in [-0.1, -0.05) is 0 Å². The van der Waals surface area contributed by atoms with Crippen molar-refractivity contribution >= 4 is 0 Å². The number of aliphatic hydroxyl groups excluding tert-OH is 1. The molecule has 3 aliphatic rings. The molecule has 0 aliphatic heterocycles. The van der Waals surface area contributed by atoms with E-state index in [0.29, 0.717) is 0 Å². The fourth-order valence-corrected chi connectivity index (χ4v) is 4.04. The first-order valence-electron chi connectivity index (χ1n) is 5.04. The second-order valence-electron chi connectivity index (χ2n) is 4.72. The van der Waals surface area contributed by atoms with E-state index in [0.717, 1.165) is 30.1 Å². The van der Waals surface area contributed by atoms with Crippen molar-refractivity contribution in [1.29, 1.82) is 0 Å². The minimum atomic E-state index is 0.0790. The zero-order valence-electron chi connectivity index (χ0n) is 6.87. The summed E-state index contributed by atoms with van der Waals surface area (Å²) in [5.74, 6) is 3.60. The third-order valence-corrected chi connectivity index (χ3v) is 4.40. The zero-order chi connectivity index (χ0) is 7.42. The van der Waals surface area contributed by atoms with Gasteiger partial charge < -0.3 is 5.11 Å². The van der Waals surface area contributed by atoms with Crippen LogP contribution in [0.25, 0.3) is 0 Å². The molecule has 0 unspecified atom stereocenters. The maximum absolute atomic E-state index is 9.72. The molecule has 0 aromatic rings. The van der Waals surface area contributed by atoms with Crippen molar-refractivity contribution in [2.75, 3.05) is 0 Å². The number of fused-ring (bicyclic) bond motifs is 5. The molecule has 1 N–H and O–H groups in total. The van der Waals surface area contributed by atoms with Crippen LogP contribution in [0, 0.1) is 23.7 Å². The molecule has 3 rings (SSSR count). The quantitative estimate of drug-likeness (QED) is 0.561. The third kappa shape index (κ3) is 0.703. The van der Waals surface area contributed by atoms with E-state index in [-0.39, 0.29) is 6.10 Å². The van der Waals surface area contributed by atoms with Crippen molar-refractivity contribution in [3.63, 3.8) is 0 Å². The van der Waals surface area contributed by atoms with Gasteiger partial charge in [0.15, 0.2) is 0 Å². The number of aliphatic hydroxyl groups is 1. The van der Waals surface area contributed by atoms with E-state index in [4.69, 9.17) is 0 Å². The highest BCUT2D eigenvalue weighted by molar-refractivity contribution is 5.02. The van der Waals surface area contributed by atoms with E-state index in [1.54, 1.807) is 0 Å². The highest BCUT2D eigenvalue weighted by Crippen LogP contribution is 2.58. The van der Waals surface area contributed by atoms with Crippen LogP contribution in [-0.4, -0.2) is 11.2 Å². The Balaban J connectivity index is 1.91. The molecular weight excluding hydrogens is 136 g/mol. The van der Waals surface area contributed by atoms with Crippen LogP contribution in [0.4, 0.5) is 0 Å². The lowest BCUT2D eigenvalue weighted by Gasteiger charge is -2.26. The lowest BCUT2D eigenvalue weighted by Crippen LogP contribution is -2.24. The fourth-order valence-electron chi connectivity index (χ4n) is 4.04. The first-order chi connectivity index (χ1) is 5.36. The molecular formula is C10H16O. The van der Waals surface area contributed by atoms with Gasteiger partial charge in [0.2, 0.25) is 0 Å². The van der Waals surface area contributed by atoms with Crippen LogP contribution in [-0.2, 0) is 0 Å². The van der Waals surface area contributed by atoms with Gasteiger partial charge in [0.05, 0.1) is 6.10 Å². The molecule has 0 heterocycles. The van der Waals surface area contributed by atoms with Gasteiger partial charge in [-0.15, -0.1) is 0 Å². The van der Waals surface area contributed by atoms with Crippen LogP contribution in [0.5, 0.6) is 0 Å². The molecule has 0 radical (unpaired) electrons. The average Bonchev–Trinajstić information content (AvgIpc) is 2.60. The van der Waals surface area contributed by atoms with Gasteiger partial charge >= 0.3 is 0 Å². The lowest BCUT2D eigenvalue weighted by molar-refractivity contribution is 0.0863. The largest absolute Gasteiger partial charge is 0.393 e. The summed E-state index contributed by atoms with van der Waals surface area (Å²) in [6.07, 6.45) is 6.85. The molecule has 2 bridgehead atoms. The molecule has 1 nitrogen and oxygen atoms in total. The van der Waals surface area contributed by atoms with Gasteiger partial charge in [0.1, 0.15) is 0 Å². The van der Waals surface area contributed by atoms with Crippen LogP contribution in [0.1, 0.15) is 32.1 Å². The van der Waals surface area contributed by atoms with Gasteiger partial charge in [0.25, 0.3) is 0 Å². The highest BCUT2D eigenvalue weighted by atomic mass is 16.3. The minimum absolute atomic E-state index is 0.0790. The van der Waals surface area contributed by atoms with Crippen LogP contribution in [0.2, 0.25) is 0 Å². The van der Waals surface area contributed by atoms with E-state index in [1.165, 1.54) is 25.7 Å². The summed E-state index contributed by atoms with van der Waals surface area (Å²) in [6, 6.07) is 0. The van der Waals surface area contributed by atoms with Gasteiger partial charge in [-0.05, 0) is 55.8 Å². The molecule has 3 fully saturated rings. The minimum Gasteiger partial charge on any atom is -0.393 e. The normalized spacial score (nSPS) is 60.3. The molecule has 1 heteroatoms. The molecule has 0 saturated heterocycles. The van der Waals surface area contributed by atoms with Crippen molar-refractivity contribution in [1.82, 2.24) is 0 Å². The fraction of sp³-hybridized carbons (Fsp3) is 1.00. The Morgan fingerprint density at radius 2 is 1.73 bits per heavy atom. The summed E-state index contributed by atoms with van der Waals surface area (Å²) in [6.45, 7) is 0. The molecule has 11 heavy (non-hydrogen) atoms. The van der Waals surface area contributed by atoms with Crippen LogP contribution in [0.15, 0.2) is 0 Å². The monoisotopic (exact) mass is 152 g/mol. The van der Waals surface area contributed by atoms with Gasteiger partial charge in [-0.25, -0.2) is 0 Å². The molecule has 3 saturated carbocycles. The first kappa shape index (κ1) is 6.47. The van der Waals surface area contributed by atoms with Crippen molar-refractivity contribution in [2.45, 2.75) is 38.2 Å². The highest BCUT2D eigenvalue weighted by Gasteiger charge is 2.52. The van der Waals surface area contributed by atoms with Gasteiger partial charge in [0, 0.05) is 0 Å². The summed E-state index contributed by atoms with van der Waals surface area (Å²) in [7, 11) is 0. The molecule has 0 spiro atoms. The van der Waals surface area contributed by atoms with Gasteiger partial charge in [-0.2, -0.15) is 0 Å². The summed E-state index contributed by atoms with van der Waals surface area (Å²) >= 11 is 0. The number of hydrogen-bond donors (Lipinski definition) is 1. The topological polar surface area (TPSA) is 20.2 Å². The molecule has 62 valence electrons. The Hall–Kier alpha value is -0.0400. The second-order valence-corrected chi connectivity index (χ2v) is 4.72. The summed E-state index contributed by atoms with van der Waals surface area (Å²) in [4.78, 5) is 0. The molecule has 0 amide bonds. The zero-order valence-corrected chi connectivity index (χ0v) is 6.87. The van der Waals surface area contributed by atoms with Crippen LogP contribution < -0.4 is 0 Å². The smallest absolute Gasteiger partial charge is 0.0573 e. The van der Waals surface area contributed by atoms with Crippen molar-refractivity contribution in [2.24, 2.45) is 23.7 Å². The van der Waals surface area contributed by atoms with Crippen molar-refractivity contribution in [3.05, 3.63) is 0 Å². The summed E-state index contributed by atoms with van der Waals surface area (Å²) < 4.78 is 0. The van der Waals surface area contributed by atoms with E-state index in [2.05, 4.69) is 0 Å². The van der Waals surface area contributed by atoms with Crippen LogP contribution >= 0.6 is 0 Å². The molecule has 0 aromatic carbocycles. The Morgan fingerprint density at radius 1 is 0.909 bits per heavy atom. The average molecular weight is 152 g/mol. The predicted molar refractivity (Wildman–Crippen MR) is 43.1 cm³/mol. The van der Waals surface area contributed by atoms with E-state index in [9.17, 15) is 5.11 Å². The SMILES string of the molecule is O[C@@H]1CC[C@H]2[C@H]3CC[C@@H](C3)[C@@H]21. The maximum Gasteiger partial charge on any atom is 0.0573 e. The standard InChI is InChI=1S/C10H16O/c11-9-4-3-8-6-1-2-7(5-6)10(8)9/h6-11H,1-5H2/t6-,7-,8-,9+,10-/m0/s1. The van der Waals surface area contributed by atoms with E-state index >= 15 is 0 Å². The Labute approximate surface area is 67.8 Å². The Kier molecular flexibility index (Phi) is 1.18. The summed E-state index contributed by atoms with van der Waals surface area (Å²) in [5, 5.41) is 9.72. The van der Waals surface area contributed by atoms with E-state index < -0.39 is 0 Å². The molecule has 3 aliphatic carbocycles. The maximum atomic E-state index is 9.72.